The fraction of sp³-hybridized carbons (Fsp3) is 0.364. The van der Waals surface area contributed by atoms with Gasteiger partial charge in [0.05, 0.1) is 7.11 Å². The second-order valence-electron chi connectivity index (χ2n) is 3.35. The minimum atomic E-state index is -1.05. The van der Waals surface area contributed by atoms with Crippen molar-refractivity contribution in [2.24, 2.45) is 5.73 Å². The number of benzene rings is 1. The first-order valence-electron chi connectivity index (χ1n) is 4.65. The van der Waals surface area contributed by atoms with Crippen LogP contribution in [0.3, 0.4) is 0 Å². The average Bonchev–Trinajstić information content (AvgIpc) is 2.26. The molecule has 0 aliphatic carbocycles. The van der Waals surface area contributed by atoms with Crippen molar-refractivity contribution in [3.8, 4) is 0 Å². The van der Waals surface area contributed by atoms with Crippen molar-refractivity contribution in [2.45, 2.75) is 19.1 Å². The summed E-state index contributed by atoms with van der Waals surface area (Å²) < 4.78 is 4.47. The zero-order valence-corrected chi connectivity index (χ0v) is 8.81. The van der Waals surface area contributed by atoms with Gasteiger partial charge in [0.15, 0.2) is 0 Å². The molecule has 0 unspecified atom stereocenters. The molecule has 2 atom stereocenters. The average molecular weight is 209 g/mol. The third kappa shape index (κ3) is 2.55. The largest absolute Gasteiger partial charge is 0.468 e. The van der Waals surface area contributed by atoms with Gasteiger partial charge < -0.3 is 15.6 Å². The highest BCUT2D eigenvalue weighted by molar-refractivity contribution is 5.76. The molecule has 0 saturated heterocycles. The van der Waals surface area contributed by atoms with Crippen molar-refractivity contribution < 1.29 is 14.6 Å². The monoisotopic (exact) mass is 209 g/mol. The summed E-state index contributed by atoms with van der Waals surface area (Å²) in [7, 11) is 1.24. The molecule has 0 aliphatic heterocycles. The highest BCUT2D eigenvalue weighted by Crippen LogP contribution is 2.19. The number of hydrogen-bond acceptors (Lipinski definition) is 4. The number of carbonyl (C=O) groups is 1. The quantitative estimate of drug-likeness (QED) is 0.712. The number of aryl methyl sites for hydroxylation is 1. The first-order valence-corrected chi connectivity index (χ1v) is 4.65. The van der Waals surface area contributed by atoms with Crippen LogP contribution in [0.1, 0.15) is 17.2 Å². The first-order chi connectivity index (χ1) is 7.07. The van der Waals surface area contributed by atoms with Gasteiger partial charge in [0.1, 0.15) is 12.1 Å². The lowest BCUT2D eigenvalue weighted by molar-refractivity contribution is -0.145. The van der Waals surface area contributed by atoms with Crippen molar-refractivity contribution in [1.82, 2.24) is 0 Å². The topological polar surface area (TPSA) is 72.5 Å². The van der Waals surface area contributed by atoms with Crippen molar-refractivity contribution in [1.29, 1.82) is 0 Å². The van der Waals surface area contributed by atoms with Gasteiger partial charge in [-0.05, 0) is 18.1 Å². The number of aliphatic hydroxyl groups is 1. The van der Waals surface area contributed by atoms with Crippen LogP contribution >= 0.6 is 0 Å². The van der Waals surface area contributed by atoms with E-state index in [1.807, 2.05) is 19.1 Å². The molecule has 3 N–H and O–H groups in total. The van der Waals surface area contributed by atoms with Gasteiger partial charge in [-0.2, -0.15) is 0 Å². The lowest BCUT2D eigenvalue weighted by Gasteiger charge is -2.18. The van der Waals surface area contributed by atoms with Crippen LogP contribution in [0.5, 0.6) is 0 Å². The Labute approximate surface area is 88.7 Å². The van der Waals surface area contributed by atoms with Gasteiger partial charge in [-0.15, -0.1) is 0 Å². The lowest BCUT2D eigenvalue weighted by Crippen LogP contribution is -2.37. The highest BCUT2D eigenvalue weighted by Gasteiger charge is 2.25. The molecule has 1 aromatic carbocycles. The fourth-order valence-corrected chi connectivity index (χ4v) is 1.38. The summed E-state index contributed by atoms with van der Waals surface area (Å²) in [6.07, 6.45) is -1.03. The molecular formula is C11H15NO3. The van der Waals surface area contributed by atoms with Crippen molar-refractivity contribution >= 4 is 5.97 Å². The summed E-state index contributed by atoms with van der Waals surface area (Å²) >= 11 is 0. The summed E-state index contributed by atoms with van der Waals surface area (Å²) in [6.45, 7) is 1.85. The van der Waals surface area contributed by atoms with E-state index in [0.29, 0.717) is 5.56 Å². The number of esters is 1. The Hall–Kier alpha value is -1.39. The van der Waals surface area contributed by atoms with Crippen LogP contribution in [0.2, 0.25) is 0 Å². The second-order valence-corrected chi connectivity index (χ2v) is 3.35. The predicted molar refractivity (Wildman–Crippen MR) is 56.1 cm³/mol. The van der Waals surface area contributed by atoms with Crippen LogP contribution in [0.25, 0.3) is 0 Å². The van der Waals surface area contributed by atoms with Crippen LogP contribution in [0, 0.1) is 6.92 Å². The zero-order chi connectivity index (χ0) is 11.4. The van der Waals surface area contributed by atoms with E-state index in [1.165, 1.54) is 7.11 Å². The molecule has 0 fully saturated rings. The molecule has 1 aromatic rings. The molecule has 4 nitrogen and oxygen atoms in total. The van der Waals surface area contributed by atoms with Crippen LogP contribution < -0.4 is 5.73 Å². The molecule has 0 radical (unpaired) electrons. The van der Waals surface area contributed by atoms with Gasteiger partial charge in [0.2, 0.25) is 0 Å². The molecule has 0 bridgehead atoms. The predicted octanol–water partition coefficient (Wildman–Crippen LogP) is 0.529. The smallest absolute Gasteiger partial charge is 0.325 e. The summed E-state index contributed by atoms with van der Waals surface area (Å²) in [6, 6.07) is 6.19. The van der Waals surface area contributed by atoms with E-state index in [1.54, 1.807) is 12.1 Å². The number of methoxy groups -OCH3 is 1. The van der Waals surface area contributed by atoms with Gasteiger partial charge in [0, 0.05) is 0 Å². The SMILES string of the molecule is COC(=O)[C@H](N)[C@H](O)c1ccccc1C. The second kappa shape index (κ2) is 4.91. The van der Waals surface area contributed by atoms with Crippen molar-refractivity contribution in [3.63, 3.8) is 0 Å². The van der Waals surface area contributed by atoms with E-state index < -0.39 is 18.1 Å². The molecule has 0 saturated carbocycles. The van der Waals surface area contributed by atoms with E-state index in [2.05, 4.69) is 4.74 Å². The molecule has 4 heteroatoms. The van der Waals surface area contributed by atoms with Gasteiger partial charge in [-0.25, -0.2) is 0 Å². The Morgan fingerprint density at radius 3 is 2.60 bits per heavy atom. The number of nitrogens with two attached hydrogens (primary N) is 1. The molecule has 0 heterocycles. The summed E-state index contributed by atoms with van der Waals surface area (Å²) in [5.41, 5.74) is 7.09. The number of aliphatic hydroxyl groups excluding tert-OH is 1. The normalized spacial score (nSPS) is 14.4. The van der Waals surface area contributed by atoms with Crippen LogP contribution in [-0.2, 0) is 9.53 Å². The van der Waals surface area contributed by atoms with E-state index >= 15 is 0 Å². The van der Waals surface area contributed by atoms with E-state index in [9.17, 15) is 9.90 Å². The summed E-state index contributed by atoms with van der Waals surface area (Å²) in [5.74, 6) is -0.620. The highest BCUT2D eigenvalue weighted by atomic mass is 16.5. The van der Waals surface area contributed by atoms with Crippen molar-refractivity contribution in [2.75, 3.05) is 7.11 Å². The summed E-state index contributed by atoms with van der Waals surface area (Å²) in [4.78, 5) is 11.1. The first kappa shape index (κ1) is 11.7. The number of ether oxygens (including phenoxy) is 1. The molecule has 1 rings (SSSR count). The van der Waals surface area contributed by atoms with E-state index in [0.717, 1.165) is 5.56 Å². The van der Waals surface area contributed by atoms with E-state index in [4.69, 9.17) is 5.73 Å². The molecule has 0 spiro atoms. The Bertz CT molecular complexity index is 351. The Morgan fingerprint density at radius 2 is 2.07 bits per heavy atom. The minimum Gasteiger partial charge on any atom is -0.468 e. The standard InChI is InChI=1S/C11H15NO3/c1-7-5-3-4-6-8(7)10(13)9(12)11(14)15-2/h3-6,9-10,13H,12H2,1-2H3/t9-,10-/m1/s1. The Balaban J connectivity index is 2.89. The number of hydrogen-bond donors (Lipinski definition) is 2. The molecule has 82 valence electrons. The van der Waals surface area contributed by atoms with Crippen LogP contribution in [0.15, 0.2) is 24.3 Å². The zero-order valence-electron chi connectivity index (χ0n) is 8.81. The van der Waals surface area contributed by atoms with Gasteiger partial charge >= 0.3 is 5.97 Å². The van der Waals surface area contributed by atoms with Crippen molar-refractivity contribution in [3.05, 3.63) is 35.4 Å². The van der Waals surface area contributed by atoms with Crippen LogP contribution in [0.4, 0.5) is 0 Å². The number of carbonyl (C=O) groups excluding carboxylic acids is 1. The van der Waals surface area contributed by atoms with Gasteiger partial charge in [-0.1, -0.05) is 24.3 Å². The lowest BCUT2D eigenvalue weighted by atomic mass is 9.98. The fourth-order valence-electron chi connectivity index (χ4n) is 1.38. The maximum Gasteiger partial charge on any atom is 0.325 e. The number of rotatable bonds is 3. The maximum atomic E-state index is 11.1. The maximum absolute atomic E-state index is 11.1. The third-order valence-electron chi connectivity index (χ3n) is 2.32. The third-order valence-corrected chi connectivity index (χ3v) is 2.32. The molecule has 0 amide bonds. The minimum absolute atomic E-state index is 0.620. The molecule has 0 aromatic heterocycles. The Kier molecular flexibility index (Phi) is 3.82. The van der Waals surface area contributed by atoms with Gasteiger partial charge in [0.25, 0.3) is 0 Å². The Morgan fingerprint density at radius 1 is 1.47 bits per heavy atom. The van der Waals surface area contributed by atoms with Gasteiger partial charge in [-0.3, -0.25) is 4.79 Å². The van der Waals surface area contributed by atoms with E-state index in [-0.39, 0.29) is 0 Å². The summed E-state index contributed by atoms with van der Waals surface area (Å²) in [5, 5.41) is 9.85. The molecule has 0 aliphatic rings. The van der Waals surface area contributed by atoms with Crippen LogP contribution in [-0.4, -0.2) is 24.2 Å². The molecular weight excluding hydrogens is 194 g/mol. The molecule has 15 heavy (non-hydrogen) atoms.